The normalized spacial score (nSPS) is 20.3. The molecule has 1 aromatic rings. The fourth-order valence-electron chi connectivity index (χ4n) is 3.51. The number of nitrogen functional groups attached to an aromatic ring is 1. The number of carboxylic acids is 1. The topological polar surface area (TPSA) is 79.0 Å². The molecule has 1 aromatic carbocycles. The third kappa shape index (κ3) is 3.52. The molecule has 6 nitrogen and oxygen atoms in total. The highest BCUT2D eigenvalue weighted by Gasteiger charge is 2.34. The average Bonchev–Trinajstić information content (AvgIpc) is 2.51. The number of likely N-dealkylation sites (tertiary alicyclic amines) is 1. The van der Waals surface area contributed by atoms with Gasteiger partial charge in [-0.2, -0.15) is 0 Å². The number of hydrogen-bond acceptors (Lipinski definition) is 5. The van der Waals surface area contributed by atoms with E-state index in [-0.39, 0.29) is 5.92 Å². The number of methoxy groups -OCH3 is 1. The predicted molar refractivity (Wildman–Crippen MR) is 89.9 cm³/mol. The number of anilines is 2. The second-order valence-corrected chi connectivity index (χ2v) is 6.61. The van der Waals surface area contributed by atoms with Gasteiger partial charge in [0.05, 0.1) is 18.7 Å². The molecule has 2 aliphatic heterocycles. The Morgan fingerprint density at radius 3 is 2.65 bits per heavy atom. The minimum Gasteiger partial charge on any atom is -0.495 e. The van der Waals surface area contributed by atoms with Crippen molar-refractivity contribution in [2.45, 2.75) is 12.8 Å². The van der Waals surface area contributed by atoms with E-state index in [2.05, 4.69) is 9.80 Å². The van der Waals surface area contributed by atoms with Crippen LogP contribution in [0.5, 0.6) is 5.75 Å². The summed E-state index contributed by atoms with van der Waals surface area (Å²) in [7, 11) is 1.64. The first kappa shape index (κ1) is 15.9. The lowest BCUT2D eigenvalue weighted by molar-refractivity contribution is -0.147. The lowest BCUT2D eigenvalue weighted by Crippen LogP contribution is -2.52. The van der Waals surface area contributed by atoms with Crippen molar-refractivity contribution in [3.05, 3.63) is 18.2 Å². The van der Waals surface area contributed by atoms with Crippen LogP contribution in [-0.4, -0.2) is 55.8 Å². The summed E-state index contributed by atoms with van der Waals surface area (Å²) in [6.07, 6.45) is 2.28. The minimum atomic E-state index is -0.659. The van der Waals surface area contributed by atoms with E-state index in [0.717, 1.165) is 43.9 Å². The Bertz CT molecular complexity index is 564. The third-order valence-corrected chi connectivity index (χ3v) is 5.02. The molecule has 3 rings (SSSR count). The first-order chi connectivity index (χ1) is 11.1. The van der Waals surface area contributed by atoms with E-state index in [4.69, 9.17) is 15.6 Å². The van der Waals surface area contributed by atoms with E-state index in [1.165, 1.54) is 0 Å². The lowest BCUT2D eigenvalue weighted by Gasteiger charge is -2.41. The van der Waals surface area contributed by atoms with E-state index in [1.54, 1.807) is 7.11 Å². The molecule has 2 fully saturated rings. The van der Waals surface area contributed by atoms with Gasteiger partial charge in [0, 0.05) is 44.5 Å². The number of ether oxygens (including phenoxy) is 1. The van der Waals surface area contributed by atoms with E-state index in [0.29, 0.717) is 24.7 Å². The highest BCUT2D eigenvalue weighted by Crippen LogP contribution is 2.31. The molecule has 0 saturated carbocycles. The Hall–Kier alpha value is -1.95. The van der Waals surface area contributed by atoms with Crippen LogP contribution in [0.25, 0.3) is 0 Å². The molecule has 2 saturated heterocycles. The summed E-state index contributed by atoms with van der Waals surface area (Å²) in [5, 5.41) is 8.93. The van der Waals surface area contributed by atoms with Crippen molar-refractivity contribution in [2.24, 2.45) is 11.8 Å². The van der Waals surface area contributed by atoms with Crippen LogP contribution in [0.1, 0.15) is 12.8 Å². The van der Waals surface area contributed by atoms with Gasteiger partial charge >= 0.3 is 5.97 Å². The summed E-state index contributed by atoms with van der Waals surface area (Å²) >= 11 is 0. The molecule has 0 spiro atoms. The number of carbonyl (C=O) groups is 1. The van der Waals surface area contributed by atoms with Crippen LogP contribution in [0.15, 0.2) is 18.2 Å². The predicted octanol–water partition coefficient (Wildman–Crippen LogP) is 1.51. The first-order valence-electron chi connectivity index (χ1n) is 8.20. The number of piperidine rings is 1. The molecule has 0 atom stereocenters. The van der Waals surface area contributed by atoms with E-state index in [1.807, 2.05) is 18.2 Å². The van der Waals surface area contributed by atoms with Gasteiger partial charge in [-0.25, -0.2) is 0 Å². The highest BCUT2D eigenvalue weighted by molar-refractivity contribution is 5.71. The molecule has 0 amide bonds. The van der Waals surface area contributed by atoms with Crippen molar-refractivity contribution in [1.82, 2.24) is 4.90 Å². The number of nitrogens with zero attached hydrogens (tertiary/aromatic N) is 2. The van der Waals surface area contributed by atoms with Crippen LogP contribution in [0.2, 0.25) is 0 Å². The second-order valence-electron chi connectivity index (χ2n) is 6.61. The summed E-state index contributed by atoms with van der Waals surface area (Å²) in [6, 6.07) is 5.94. The van der Waals surface area contributed by atoms with Crippen molar-refractivity contribution < 1.29 is 14.6 Å². The zero-order valence-corrected chi connectivity index (χ0v) is 13.6. The average molecular weight is 319 g/mol. The van der Waals surface area contributed by atoms with Crippen LogP contribution in [-0.2, 0) is 4.79 Å². The molecule has 23 heavy (non-hydrogen) atoms. The van der Waals surface area contributed by atoms with Gasteiger partial charge < -0.3 is 25.4 Å². The third-order valence-electron chi connectivity index (χ3n) is 5.02. The van der Waals surface area contributed by atoms with Crippen LogP contribution in [0.3, 0.4) is 0 Å². The zero-order valence-electron chi connectivity index (χ0n) is 13.6. The molecule has 0 bridgehead atoms. The summed E-state index contributed by atoms with van der Waals surface area (Å²) in [4.78, 5) is 15.5. The van der Waals surface area contributed by atoms with Gasteiger partial charge in [-0.05, 0) is 30.9 Å². The lowest BCUT2D eigenvalue weighted by atomic mass is 9.92. The van der Waals surface area contributed by atoms with Gasteiger partial charge in [0.2, 0.25) is 0 Å². The molecule has 0 aromatic heterocycles. The molecule has 0 unspecified atom stereocenters. The standard InChI is InChI=1S/C17H25N3O3/c1-23-16-8-14(2-3-15(16)18)20-6-4-12(5-7-20)9-19-10-13(11-19)17(21)22/h2-3,8,12-13H,4-7,9-11,18H2,1H3,(H,21,22). The van der Waals surface area contributed by atoms with Gasteiger partial charge in [-0.3, -0.25) is 4.79 Å². The maximum absolute atomic E-state index is 10.8. The number of aliphatic carboxylic acids is 1. The number of benzene rings is 1. The summed E-state index contributed by atoms with van der Waals surface area (Å²) in [5.41, 5.74) is 7.69. The quantitative estimate of drug-likeness (QED) is 0.801. The largest absolute Gasteiger partial charge is 0.495 e. The summed E-state index contributed by atoms with van der Waals surface area (Å²) in [5.74, 6) is 0.576. The monoisotopic (exact) mass is 319 g/mol. The Kier molecular flexibility index (Phi) is 4.61. The fraction of sp³-hybridized carbons (Fsp3) is 0.588. The first-order valence-corrected chi connectivity index (χ1v) is 8.20. The molecular formula is C17H25N3O3. The maximum atomic E-state index is 10.8. The molecule has 3 N–H and O–H groups in total. The van der Waals surface area contributed by atoms with Gasteiger partial charge in [0.25, 0.3) is 0 Å². The van der Waals surface area contributed by atoms with E-state index < -0.39 is 5.97 Å². The van der Waals surface area contributed by atoms with Crippen LogP contribution in [0.4, 0.5) is 11.4 Å². The number of rotatable bonds is 5. The minimum absolute atomic E-state index is 0.155. The van der Waals surface area contributed by atoms with Gasteiger partial charge in [0.1, 0.15) is 5.75 Å². The molecule has 2 heterocycles. The fourth-order valence-corrected chi connectivity index (χ4v) is 3.51. The molecule has 126 valence electrons. The number of nitrogens with two attached hydrogens (primary N) is 1. The van der Waals surface area contributed by atoms with Crippen molar-refractivity contribution in [3.8, 4) is 5.75 Å². The van der Waals surface area contributed by atoms with Crippen molar-refractivity contribution in [2.75, 3.05) is 50.5 Å². The van der Waals surface area contributed by atoms with Gasteiger partial charge in [0.15, 0.2) is 0 Å². The second kappa shape index (κ2) is 6.66. The SMILES string of the molecule is COc1cc(N2CCC(CN3CC(C(=O)O)C3)CC2)ccc1N. The highest BCUT2D eigenvalue weighted by atomic mass is 16.5. The maximum Gasteiger partial charge on any atom is 0.309 e. The Morgan fingerprint density at radius 2 is 2.04 bits per heavy atom. The summed E-state index contributed by atoms with van der Waals surface area (Å²) < 4.78 is 5.30. The number of hydrogen-bond donors (Lipinski definition) is 2. The van der Waals surface area contributed by atoms with Crippen molar-refractivity contribution in [1.29, 1.82) is 0 Å². The van der Waals surface area contributed by atoms with Gasteiger partial charge in [-0.15, -0.1) is 0 Å². The Balaban J connectivity index is 1.48. The Labute approximate surface area is 136 Å². The van der Waals surface area contributed by atoms with Crippen molar-refractivity contribution in [3.63, 3.8) is 0 Å². The van der Waals surface area contributed by atoms with E-state index >= 15 is 0 Å². The van der Waals surface area contributed by atoms with Crippen molar-refractivity contribution >= 4 is 17.3 Å². The Morgan fingerprint density at radius 1 is 1.35 bits per heavy atom. The molecule has 6 heteroatoms. The van der Waals surface area contributed by atoms with Crippen LogP contribution < -0.4 is 15.4 Å². The van der Waals surface area contributed by atoms with Gasteiger partial charge in [-0.1, -0.05) is 0 Å². The smallest absolute Gasteiger partial charge is 0.309 e. The molecule has 2 aliphatic rings. The number of carboxylic acid groups (broad SMARTS) is 1. The molecular weight excluding hydrogens is 294 g/mol. The zero-order chi connectivity index (χ0) is 16.4. The molecule has 0 aliphatic carbocycles. The van der Waals surface area contributed by atoms with Crippen LogP contribution >= 0.6 is 0 Å². The summed E-state index contributed by atoms with van der Waals surface area (Å²) in [6.45, 7) is 4.50. The molecule has 0 radical (unpaired) electrons. The van der Waals surface area contributed by atoms with E-state index in [9.17, 15) is 4.79 Å². The van der Waals surface area contributed by atoms with Crippen LogP contribution in [0, 0.1) is 11.8 Å².